The van der Waals surface area contributed by atoms with Crippen LogP contribution in [0.1, 0.15) is 49.3 Å². The van der Waals surface area contributed by atoms with E-state index >= 15 is 0 Å². The smallest absolute Gasteiger partial charge is 0.407 e. The van der Waals surface area contributed by atoms with E-state index in [0.29, 0.717) is 18.4 Å². The molecule has 0 bridgehead atoms. The van der Waals surface area contributed by atoms with E-state index in [4.69, 9.17) is 14.2 Å². The van der Waals surface area contributed by atoms with Gasteiger partial charge in [0.05, 0.1) is 6.61 Å². The number of ether oxygens (including phenoxy) is 3. The lowest BCUT2D eigenvalue weighted by Crippen LogP contribution is -2.53. The predicted molar refractivity (Wildman–Crippen MR) is 145 cm³/mol. The van der Waals surface area contributed by atoms with Crippen molar-refractivity contribution < 1.29 is 28.6 Å². The summed E-state index contributed by atoms with van der Waals surface area (Å²) in [5, 5.41) is 2.67. The average Bonchev–Trinajstić information content (AvgIpc) is 2.84. The monoisotopic (exact) mass is 514 g/mol. The summed E-state index contributed by atoms with van der Waals surface area (Å²) in [6, 6.07) is 4.46. The summed E-state index contributed by atoms with van der Waals surface area (Å²) in [5.41, 5.74) is 4.04. The molecule has 1 aromatic rings. The van der Waals surface area contributed by atoms with Gasteiger partial charge in [-0.25, -0.2) is 14.4 Å². The lowest BCUT2D eigenvalue weighted by atomic mass is 9.82. The summed E-state index contributed by atoms with van der Waals surface area (Å²) in [4.78, 5) is 37.9. The molecule has 0 unspecified atom stereocenters. The normalized spacial score (nSPS) is 17.3. The third-order valence-corrected chi connectivity index (χ3v) is 6.77. The first-order chi connectivity index (χ1) is 17.5. The number of aryl methyl sites for hydroxylation is 3. The van der Waals surface area contributed by atoms with Crippen molar-refractivity contribution in [2.45, 2.75) is 58.9 Å². The van der Waals surface area contributed by atoms with Crippen LogP contribution in [0.15, 0.2) is 37.4 Å². The van der Waals surface area contributed by atoms with Gasteiger partial charge in [0.15, 0.2) is 0 Å². The Bertz CT molecular complexity index is 934. The number of hydrogen-bond donors (Lipinski definition) is 1. The number of anilines is 1. The molecule has 0 atom stereocenters. The molecule has 0 saturated heterocycles. The van der Waals surface area contributed by atoms with Gasteiger partial charge in [0.25, 0.3) is 0 Å². The quantitative estimate of drug-likeness (QED) is 0.243. The summed E-state index contributed by atoms with van der Waals surface area (Å²) < 4.78 is 15.6. The Morgan fingerprint density at radius 1 is 0.946 bits per heavy atom. The van der Waals surface area contributed by atoms with E-state index in [1.807, 2.05) is 0 Å². The highest BCUT2D eigenvalue weighted by Crippen LogP contribution is 2.32. The van der Waals surface area contributed by atoms with E-state index < -0.39 is 23.6 Å². The standard InChI is InChI=1S/C29H42N2O6/c1-8-25(32)36-18-29(6,19-37-26(33)9-2)30-28(34)35-17-24-12-10-23(11-13-24)16-31(7)27-21(4)14-20(3)15-22(27)5/h8-9,14-15,23-24H,1-2,10-13,16-19H2,3-7H3,(H,30,34). The summed E-state index contributed by atoms with van der Waals surface area (Å²) >= 11 is 0. The maximum Gasteiger partial charge on any atom is 0.407 e. The number of amides is 1. The SMILES string of the molecule is C=CC(=O)OCC(C)(COC(=O)C=C)NC(=O)OCC1CCC(CN(C)c2c(C)cc(C)cc2C)CC1. The first kappa shape index (κ1) is 29.9. The number of esters is 2. The maximum atomic E-state index is 12.5. The molecule has 2 rings (SSSR count). The van der Waals surface area contributed by atoms with Gasteiger partial charge < -0.3 is 24.4 Å². The van der Waals surface area contributed by atoms with Crippen molar-refractivity contribution in [2.75, 3.05) is 38.3 Å². The molecule has 8 heteroatoms. The Kier molecular flexibility index (Phi) is 11.2. The average molecular weight is 515 g/mol. The zero-order chi connectivity index (χ0) is 27.6. The first-order valence-corrected chi connectivity index (χ1v) is 12.8. The van der Waals surface area contributed by atoms with Crippen molar-refractivity contribution in [3.05, 3.63) is 54.1 Å². The van der Waals surface area contributed by atoms with Gasteiger partial charge in [0.1, 0.15) is 18.8 Å². The third-order valence-electron chi connectivity index (χ3n) is 6.77. The fourth-order valence-corrected chi connectivity index (χ4v) is 5.00. The summed E-state index contributed by atoms with van der Waals surface area (Å²) in [7, 11) is 2.17. The largest absolute Gasteiger partial charge is 0.460 e. The van der Waals surface area contributed by atoms with Crippen LogP contribution in [0.25, 0.3) is 0 Å². The van der Waals surface area contributed by atoms with Crippen molar-refractivity contribution >= 4 is 23.7 Å². The molecule has 1 saturated carbocycles. The highest BCUT2D eigenvalue weighted by molar-refractivity contribution is 5.82. The van der Waals surface area contributed by atoms with Crippen LogP contribution >= 0.6 is 0 Å². The minimum Gasteiger partial charge on any atom is -0.460 e. The van der Waals surface area contributed by atoms with Crippen molar-refractivity contribution in [3.63, 3.8) is 0 Å². The van der Waals surface area contributed by atoms with Gasteiger partial charge in [-0.15, -0.1) is 0 Å². The van der Waals surface area contributed by atoms with E-state index in [0.717, 1.165) is 44.4 Å². The molecule has 0 spiro atoms. The molecule has 1 aliphatic carbocycles. The number of carbonyl (C=O) groups is 3. The molecule has 204 valence electrons. The van der Waals surface area contributed by atoms with E-state index in [1.54, 1.807) is 6.92 Å². The third kappa shape index (κ3) is 9.59. The van der Waals surface area contributed by atoms with Gasteiger partial charge in [-0.05, 0) is 76.3 Å². The molecular formula is C29H42N2O6. The number of benzene rings is 1. The molecule has 1 N–H and O–H groups in total. The molecule has 1 amide bonds. The fourth-order valence-electron chi connectivity index (χ4n) is 5.00. The molecule has 0 radical (unpaired) electrons. The van der Waals surface area contributed by atoms with Crippen LogP contribution in [-0.4, -0.2) is 57.0 Å². The van der Waals surface area contributed by atoms with Crippen molar-refractivity contribution in [2.24, 2.45) is 11.8 Å². The number of hydrogen-bond acceptors (Lipinski definition) is 7. The highest BCUT2D eigenvalue weighted by atomic mass is 16.6. The molecule has 8 nitrogen and oxygen atoms in total. The second-order valence-corrected chi connectivity index (χ2v) is 10.4. The Hall–Kier alpha value is -3.29. The number of alkyl carbamates (subject to hydrolysis) is 1. The van der Waals surface area contributed by atoms with E-state index in [1.165, 1.54) is 22.4 Å². The van der Waals surface area contributed by atoms with Gasteiger partial charge in [-0.1, -0.05) is 30.9 Å². The van der Waals surface area contributed by atoms with Crippen molar-refractivity contribution in [1.82, 2.24) is 5.32 Å². The minimum atomic E-state index is -1.16. The van der Waals surface area contributed by atoms with Crippen LogP contribution in [0.3, 0.4) is 0 Å². The Balaban J connectivity index is 1.82. The van der Waals surface area contributed by atoms with Gasteiger partial charge in [-0.3, -0.25) is 0 Å². The van der Waals surface area contributed by atoms with Crippen LogP contribution in [0.5, 0.6) is 0 Å². The second-order valence-electron chi connectivity index (χ2n) is 10.4. The first-order valence-electron chi connectivity index (χ1n) is 12.8. The molecule has 1 aromatic carbocycles. The molecule has 0 aromatic heterocycles. The summed E-state index contributed by atoms with van der Waals surface area (Å²) in [6.45, 7) is 15.6. The van der Waals surface area contributed by atoms with Crippen LogP contribution in [0.2, 0.25) is 0 Å². The Morgan fingerprint density at radius 3 is 1.92 bits per heavy atom. The minimum absolute atomic E-state index is 0.212. The number of nitrogens with zero attached hydrogens (tertiary/aromatic N) is 1. The zero-order valence-corrected chi connectivity index (χ0v) is 22.9. The van der Waals surface area contributed by atoms with Crippen molar-refractivity contribution in [1.29, 1.82) is 0 Å². The Morgan fingerprint density at radius 2 is 1.43 bits per heavy atom. The van der Waals surface area contributed by atoms with Crippen LogP contribution in [0.4, 0.5) is 10.5 Å². The predicted octanol–water partition coefficient (Wildman–Crippen LogP) is 4.80. The van der Waals surface area contributed by atoms with Crippen LogP contribution in [0, 0.1) is 32.6 Å². The van der Waals surface area contributed by atoms with E-state index in [9.17, 15) is 14.4 Å². The van der Waals surface area contributed by atoms with Crippen molar-refractivity contribution in [3.8, 4) is 0 Å². The van der Waals surface area contributed by atoms with Gasteiger partial charge in [0.2, 0.25) is 0 Å². The lowest BCUT2D eigenvalue weighted by molar-refractivity contribution is -0.144. The van der Waals surface area contributed by atoms with Gasteiger partial charge >= 0.3 is 18.0 Å². The zero-order valence-electron chi connectivity index (χ0n) is 22.9. The van der Waals surface area contributed by atoms with Gasteiger partial charge in [-0.2, -0.15) is 0 Å². The topological polar surface area (TPSA) is 94.2 Å². The lowest BCUT2D eigenvalue weighted by Gasteiger charge is -2.33. The number of rotatable bonds is 12. The van der Waals surface area contributed by atoms with Gasteiger partial charge in [0, 0.05) is 31.4 Å². The summed E-state index contributed by atoms with van der Waals surface area (Å²) in [6.07, 6.45) is 5.52. The highest BCUT2D eigenvalue weighted by Gasteiger charge is 2.31. The summed E-state index contributed by atoms with van der Waals surface area (Å²) in [5.74, 6) is -0.408. The fraction of sp³-hybridized carbons (Fsp3) is 0.552. The maximum absolute atomic E-state index is 12.5. The van der Waals surface area contributed by atoms with Crippen LogP contribution in [-0.2, 0) is 23.8 Å². The van der Waals surface area contributed by atoms with Crippen LogP contribution < -0.4 is 10.2 Å². The number of nitrogens with one attached hydrogen (secondary N) is 1. The molecular weight excluding hydrogens is 472 g/mol. The second kappa shape index (κ2) is 13.9. The number of carbonyl (C=O) groups excluding carboxylic acids is 3. The van der Waals surface area contributed by atoms with E-state index in [2.05, 4.69) is 63.3 Å². The molecule has 1 aliphatic rings. The van der Waals surface area contributed by atoms with E-state index in [-0.39, 0.29) is 13.2 Å². The molecule has 1 fully saturated rings. The Labute approximate surface area is 221 Å². The molecule has 0 aliphatic heterocycles. The molecule has 0 heterocycles. The molecule has 37 heavy (non-hydrogen) atoms.